The van der Waals surface area contributed by atoms with Gasteiger partial charge in [-0.25, -0.2) is 0 Å². The Kier molecular flexibility index (Phi) is 3.60. The van der Waals surface area contributed by atoms with Crippen molar-refractivity contribution in [1.82, 2.24) is 0 Å². The van der Waals surface area contributed by atoms with Crippen molar-refractivity contribution in [3.8, 4) is 11.5 Å². The Balaban J connectivity index is 1.79. The summed E-state index contributed by atoms with van der Waals surface area (Å²) in [7, 11) is 0. The molecule has 0 saturated heterocycles. The van der Waals surface area contributed by atoms with Gasteiger partial charge in [0.05, 0.1) is 6.04 Å². The van der Waals surface area contributed by atoms with Crippen LogP contribution in [0.25, 0.3) is 0 Å². The van der Waals surface area contributed by atoms with E-state index in [0.717, 1.165) is 28.3 Å². The number of para-hydroxylation sites is 1. The lowest BCUT2D eigenvalue weighted by Crippen LogP contribution is -2.40. The van der Waals surface area contributed by atoms with Crippen molar-refractivity contribution in [3.05, 3.63) is 53.6 Å². The van der Waals surface area contributed by atoms with E-state index in [4.69, 9.17) is 14.2 Å². The lowest BCUT2D eigenvalue weighted by atomic mass is 9.70. The van der Waals surface area contributed by atoms with Crippen LogP contribution in [-0.4, -0.2) is 12.8 Å². The summed E-state index contributed by atoms with van der Waals surface area (Å²) in [4.78, 5) is 11.7. The molecule has 2 aliphatic heterocycles. The first-order valence-electron chi connectivity index (χ1n) is 8.39. The first kappa shape index (κ1) is 15.8. The maximum absolute atomic E-state index is 11.7. The van der Waals surface area contributed by atoms with Crippen molar-refractivity contribution in [2.24, 2.45) is 5.41 Å². The number of fused-ring (bicyclic) bond motifs is 2. The molecule has 0 unspecified atom stereocenters. The monoisotopic (exact) mass is 339 g/mol. The molecule has 2 aromatic rings. The Hall–Kier alpha value is -2.69. The third kappa shape index (κ3) is 2.60. The number of rotatable bonds is 2. The van der Waals surface area contributed by atoms with E-state index in [1.165, 1.54) is 6.92 Å². The molecule has 2 heterocycles. The van der Waals surface area contributed by atoms with Crippen LogP contribution in [0.15, 0.2) is 42.5 Å². The molecule has 2 aliphatic rings. The average molecular weight is 339 g/mol. The van der Waals surface area contributed by atoms with E-state index in [-0.39, 0.29) is 30.3 Å². The fraction of sp³-hybridized carbons (Fsp3) is 0.350. The van der Waals surface area contributed by atoms with Gasteiger partial charge >= 0.3 is 5.97 Å². The van der Waals surface area contributed by atoms with Crippen molar-refractivity contribution in [3.63, 3.8) is 0 Å². The van der Waals surface area contributed by atoms with Crippen LogP contribution in [0, 0.1) is 5.41 Å². The number of hydrogen-bond acceptors (Lipinski definition) is 5. The molecule has 0 aliphatic carbocycles. The van der Waals surface area contributed by atoms with Gasteiger partial charge in [0, 0.05) is 23.6 Å². The van der Waals surface area contributed by atoms with E-state index in [9.17, 15) is 4.79 Å². The highest BCUT2D eigenvalue weighted by molar-refractivity contribution is 5.68. The molecule has 5 heteroatoms. The predicted octanol–water partition coefficient (Wildman–Crippen LogP) is 4.21. The van der Waals surface area contributed by atoms with Crippen molar-refractivity contribution >= 4 is 11.7 Å². The highest BCUT2D eigenvalue weighted by Crippen LogP contribution is 2.53. The first-order valence-corrected chi connectivity index (χ1v) is 8.39. The summed E-state index contributed by atoms with van der Waals surface area (Å²) in [5.74, 6) is 1.23. The van der Waals surface area contributed by atoms with E-state index in [1.54, 1.807) is 0 Å². The zero-order valence-electron chi connectivity index (χ0n) is 14.5. The Labute approximate surface area is 146 Å². The molecule has 0 bridgehead atoms. The van der Waals surface area contributed by atoms with Gasteiger partial charge in [-0.2, -0.15) is 0 Å². The zero-order chi connectivity index (χ0) is 17.6. The van der Waals surface area contributed by atoms with Gasteiger partial charge in [-0.05, 0) is 23.8 Å². The van der Waals surface area contributed by atoms with Crippen LogP contribution in [0.3, 0.4) is 0 Å². The maximum Gasteiger partial charge on any atom is 0.303 e. The van der Waals surface area contributed by atoms with Gasteiger partial charge in [0.2, 0.25) is 6.79 Å². The molecule has 2 atom stereocenters. The van der Waals surface area contributed by atoms with E-state index in [1.807, 2.05) is 42.5 Å². The molecular formula is C20H21NO4. The normalized spacial score (nSPS) is 22.7. The van der Waals surface area contributed by atoms with Crippen molar-refractivity contribution < 1.29 is 19.0 Å². The Bertz CT molecular complexity index is 830. The summed E-state index contributed by atoms with van der Waals surface area (Å²) in [5, 5.41) is 3.61. The third-order valence-corrected chi connectivity index (χ3v) is 4.98. The molecule has 1 N–H and O–H groups in total. The fourth-order valence-corrected chi connectivity index (χ4v) is 3.74. The number of ether oxygens (including phenoxy) is 3. The number of esters is 1. The minimum atomic E-state index is -0.353. The molecule has 0 spiro atoms. The van der Waals surface area contributed by atoms with Gasteiger partial charge in [0.15, 0.2) is 11.5 Å². The quantitative estimate of drug-likeness (QED) is 0.831. The molecule has 5 nitrogen and oxygen atoms in total. The second kappa shape index (κ2) is 5.69. The molecule has 0 fully saturated rings. The number of anilines is 1. The Morgan fingerprint density at radius 1 is 1.16 bits per heavy atom. The van der Waals surface area contributed by atoms with Crippen molar-refractivity contribution in [2.75, 3.05) is 12.1 Å². The lowest BCUT2D eigenvalue weighted by Gasteiger charge is -2.46. The third-order valence-electron chi connectivity index (χ3n) is 4.98. The van der Waals surface area contributed by atoms with Crippen molar-refractivity contribution in [1.29, 1.82) is 0 Å². The summed E-state index contributed by atoms with van der Waals surface area (Å²) < 4.78 is 16.7. The smallest absolute Gasteiger partial charge is 0.303 e. The maximum atomic E-state index is 11.7. The first-order chi connectivity index (χ1) is 12.0. The van der Waals surface area contributed by atoms with E-state index < -0.39 is 0 Å². The van der Waals surface area contributed by atoms with Crippen LogP contribution in [0.2, 0.25) is 0 Å². The molecule has 0 saturated carbocycles. The van der Waals surface area contributed by atoms with Crippen LogP contribution in [-0.2, 0) is 9.53 Å². The van der Waals surface area contributed by atoms with Gasteiger partial charge in [-0.15, -0.1) is 0 Å². The van der Waals surface area contributed by atoms with Gasteiger partial charge in [-0.3, -0.25) is 4.79 Å². The van der Waals surface area contributed by atoms with Gasteiger partial charge in [-0.1, -0.05) is 38.1 Å². The van der Waals surface area contributed by atoms with Crippen LogP contribution in [0.5, 0.6) is 11.5 Å². The van der Waals surface area contributed by atoms with Crippen LogP contribution in [0.1, 0.15) is 44.0 Å². The largest absolute Gasteiger partial charge is 0.457 e. The molecule has 4 rings (SSSR count). The van der Waals surface area contributed by atoms with E-state index in [2.05, 4.69) is 19.2 Å². The molecule has 130 valence electrons. The number of carbonyl (C=O) groups is 1. The molecule has 0 amide bonds. The molecule has 0 aromatic heterocycles. The minimum absolute atomic E-state index is 0.0405. The van der Waals surface area contributed by atoms with Crippen LogP contribution in [0.4, 0.5) is 5.69 Å². The fourth-order valence-electron chi connectivity index (χ4n) is 3.74. The lowest BCUT2D eigenvalue weighted by molar-refractivity contribution is -0.154. The van der Waals surface area contributed by atoms with Crippen LogP contribution < -0.4 is 14.8 Å². The summed E-state index contributed by atoms with van der Waals surface area (Å²) in [6.07, 6.45) is -0.335. The molecule has 0 radical (unpaired) electrons. The summed E-state index contributed by atoms with van der Waals surface area (Å²) in [6.45, 7) is 5.92. The number of benzene rings is 2. The Morgan fingerprint density at radius 3 is 2.72 bits per heavy atom. The molecule has 2 aromatic carbocycles. The Morgan fingerprint density at radius 2 is 1.92 bits per heavy atom. The van der Waals surface area contributed by atoms with Crippen molar-refractivity contribution in [2.45, 2.75) is 32.9 Å². The average Bonchev–Trinajstić information content (AvgIpc) is 3.04. The molecular weight excluding hydrogens is 318 g/mol. The number of carbonyl (C=O) groups excluding carboxylic acids is 1. The van der Waals surface area contributed by atoms with Gasteiger partial charge in [0.1, 0.15) is 6.10 Å². The van der Waals surface area contributed by atoms with E-state index in [0.29, 0.717) is 0 Å². The summed E-state index contributed by atoms with van der Waals surface area (Å²) in [5.41, 5.74) is 2.70. The molecule has 25 heavy (non-hydrogen) atoms. The topological polar surface area (TPSA) is 56.8 Å². The zero-order valence-corrected chi connectivity index (χ0v) is 14.5. The predicted molar refractivity (Wildman–Crippen MR) is 93.7 cm³/mol. The highest BCUT2D eigenvalue weighted by atomic mass is 16.7. The second-order valence-corrected chi connectivity index (χ2v) is 7.09. The van der Waals surface area contributed by atoms with Gasteiger partial charge in [0.25, 0.3) is 0 Å². The SMILES string of the molecule is CC(=O)O[C@@H]1c2ccccc2N[C@@H](c2ccc3c(c2)OCO3)C1(C)C. The number of hydrogen-bond donors (Lipinski definition) is 1. The van der Waals surface area contributed by atoms with E-state index >= 15 is 0 Å². The highest BCUT2D eigenvalue weighted by Gasteiger charge is 2.46. The second-order valence-electron chi connectivity index (χ2n) is 7.09. The summed E-state index contributed by atoms with van der Waals surface area (Å²) in [6, 6.07) is 13.9. The van der Waals surface area contributed by atoms with Gasteiger partial charge < -0.3 is 19.5 Å². The number of nitrogens with one attached hydrogen (secondary N) is 1. The van der Waals surface area contributed by atoms with Crippen LogP contribution >= 0.6 is 0 Å². The summed E-state index contributed by atoms with van der Waals surface area (Å²) >= 11 is 0. The standard InChI is InChI=1S/C20H21NO4/c1-12(22)25-19-14-6-4-5-7-15(14)21-18(20(19,2)3)13-8-9-16-17(10-13)24-11-23-16/h4-10,18-19,21H,11H2,1-3H3/t18-,19+/m0/s1. The minimum Gasteiger partial charge on any atom is -0.457 e.